The van der Waals surface area contributed by atoms with E-state index in [1.165, 1.54) is 0 Å². The monoisotopic (exact) mass is 292 g/mol. The SMILES string of the molecule is COc1cc(OC)cc(C(=O)N2CCCC(C)C2CN)c1. The third kappa shape index (κ3) is 3.29. The molecule has 1 aliphatic heterocycles. The molecule has 0 aliphatic carbocycles. The molecule has 2 N–H and O–H groups in total. The Morgan fingerprint density at radius 1 is 1.29 bits per heavy atom. The summed E-state index contributed by atoms with van der Waals surface area (Å²) < 4.78 is 10.5. The lowest BCUT2D eigenvalue weighted by Gasteiger charge is -2.39. The first kappa shape index (κ1) is 15.6. The minimum atomic E-state index is -0.00537. The molecule has 1 aromatic rings. The van der Waals surface area contributed by atoms with E-state index in [0.717, 1.165) is 19.4 Å². The largest absolute Gasteiger partial charge is 0.497 e. The molecule has 0 radical (unpaired) electrons. The van der Waals surface area contributed by atoms with Crippen LogP contribution in [0.1, 0.15) is 30.1 Å². The highest BCUT2D eigenvalue weighted by Crippen LogP contribution is 2.27. The van der Waals surface area contributed by atoms with E-state index in [9.17, 15) is 4.79 Å². The predicted molar refractivity (Wildman–Crippen MR) is 81.8 cm³/mol. The van der Waals surface area contributed by atoms with Gasteiger partial charge in [0, 0.05) is 30.8 Å². The number of benzene rings is 1. The molecule has 5 nitrogen and oxygen atoms in total. The molecular formula is C16H24N2O3. The third-order valence-corrected chi connectivity index (χ3v) is 4.22. The highest BCUT2D eigenvalue weighted by atomic mass is 16.5. The van der Waals surface area contributed by atoms with Crippen molar-refractivity contribution in [1.29, 1.82) is 0 Å². The van der Waals surface area contributed by atoms with E-state index in [4.69, 9.17) is 15.2 Å². The first-order chi connectivity index (χ1) is 10.1. The number of hydrogen-bond donors (Lipinski definition) is 1. The summed E-state index contributed by atoms with van der Waals surface area (Å²) >= 11 is 0. The number of methoxy groups -OCH3 is 2. The normalized spacial score (nSPS) is 22.0. The van der Waals surface area contributed by atoms with Gasteiger partial charge in [0.15, 0.2) is 0 Å². The van der Waals surface area contributed by atoms with E-state index in [0.29, 0.717) is 29.5 Å². The number of hydrogen-bond acceptors (Lipinski definition) is 4. The molecule has 1 amide bonds. The summed E-state index contributed by atoms with van der Waals surface area (Å²) in [5.41, 5.74) is 6.45. The van der Waals surface area contributed by atoms with Crippen LogP contribution >= 0.6 is 0 Å². The van der Waals surface area contributed by atoms with Crippen LogP contribution in [0.3, 0.4) is 0 Å². The highest BCUT2D eigenvalue weighted by Gasteiger charge is 2.31. The molecule has 1 heterocycles. The number of nitrogens with zero attached hydrogens (tertiary/aromatic N) is 1. The molecule has 1 aliphatic rings. The van der Waals surface area contributed by atoms with Gasteiger partial charge in [0.1, 0.15) is 11.5 Å². The number of amides is 1. The van der Waals surface area contributed by atoms with Crippen LogP contribution in [0, 0.1) is 5.92 Å². The Morgan fingerprint density at radius 3 is 2.43 bits per heavy atom. The van der Waals surface area contributed by atoms with Crippen molar-refractivity contribution in [2.75, 3.05) is 27.3 Å². The molecule has 2 atom stereocenters. The van der Waals surface area contributed by atoms with Gasteiger partial charge in [0.05, 0.1) is 14.2 Å². The fourth-order valence-electron chi connectivity index (χ4n) is 2.96. The van der Waals surface area contributed by atoms with E-state index in [1.54, 1.807) is 32.4 Å². The first-order valence-electron chi connectivity index (χ1n) is 7.34. The van der Waals surface area contributed by atoms with Crippen molar-refractivity contribution in [1.82, 2.24) is 4.90 Å². The maximum absolute atomic E-state index is 12.8. The second kappa shape index (κ2) is 6.80. The van der Waals surface area contributed by atoms with Crippen molar-refractivity contribution >= 4 is 5.91 Å². The third-order valence-electron chi connectivity index (χ3n) is 4.22. The zero-order chi connectivity index (χ0) is 15.4. The smallest absolute Gasteiger partial charge is 0.254 e. The summed E-state index contributed by atoms with van der Waals surface area (Å²) in [6, 6.07) is 5.36. The molecular weight excluding hydrogens is 268 g/mol. The van der Waals surface area contributed by atoms with Crippen LogP contribution in [0.15, 0.2) is 18.2 Å². The van der Waals surface area contributed by atoms with Gasteiger partial charge in [-0.05, 0) is 30.9 Å². The Hall–Kier alpha value is -1.75. The Balaban J connectivity index is 2.29. The Morgan fingerprint density at radius 2 is 1.90 bits per heavy atom. The number of carbonyl (C=O) groups is 1. The Labute approximate surface area is 126 Å². The molecule has 0 aromatic heterocycles. The van der Waals surface area contributed by atoms with Gasteiger partial charge in [0.2, 0.25) is 0 Å². The minimum Gasteiger partial charge on any atom is -0.497 e. The molecule has 0 saturated carbocycles. The molecule has 2 unspecified atom stereocenters. The number of likely N-dealkylation sites (tertiary alicyclic amines) is 1. The van der Waals surface area contributed by atoms with Crippen LogP contribution in [-0.4, -0.2) is 44.2 Å². The molecule has 5 heteroatoms. The summed E-state index contributed by atoms with van der Waals surface area (Å²) in [6.45, 7) is 3.40. The summed E-state index contributed by atoms with van der Waals surface area (Å²) in [6.07, 6.45) is 2.14. The molecule has 1 fully saturated rings. The van der Waals surface area contributed by atoms with Gasteiger partial charge in [0.25, 0.3) is 5.91 Å². The van der Waals surface area contributed by atoms with Crippen molar-refractivity contribution in [3.63, 3.8) is 0 Å². The number of piperidine rings is 1. The summed E-state index contributed by atoms with van der Waals surface area (Å²) in [4.78, 5) is 14.7. The molecule has 1 saturated heterocycles. The molecule has 0 spiro atoms. The fraction of sp³-hybridized carbons (Fsp3) is 0.562. The van der Waals surface area contributed by atoms with Gasteiger partial charge in [-0.1, -0.05) is 6.92 Å². The van der Waals surface area contributed by atoms with Crippen molar-refractivity contribution in [3.05, 3.63) is 23.8 Å². The summed E-state index contributed by atoms with van der Waals surface area (Å²) in [5.74, 6) is 1.66. The summed E-state index contributed by atoms with van der Waals surface area (Å²) in [7, 11) is 3.16. The lowest BCUT2D eigenvalue weighted by molar-refractivity contribution is 0.0532. The maximum atomic E-state index is 12.8. The standard InChI is InChI=1S/C16H24N2O3/c1-11-5-4-6-18(15(11)10-17)16(19)12-7-13(20-2)9-14(8-12)21-3/h7-9,11,15H,4-6,10,17H2,1-3H3. The molecule has 116 valence electrons. The fourth-order valence-corrected chi connectivity index (χ4v) is 2.96. The molecule has 2 rings (SSSR count). The van der Waals surface area contributed by atoms with Crippen molar-refractivity contribution in [2.24, 2.45) is 11.7 Å². The number of ether oxygens (including phenoxy) is 2. The van der Waals surface area contributed by atoms with Gasteiger partial charge in [-0.15, -0.1) is 0 Å². The van der Waals surface area contributed by atoms with E-state index in [-0.39, 0.29) is 11.9 Å². The average molecular weight is 292 g/mol. The second-order valence-electron chi connectivity index (χ2n) is 5.52. The first-order valence-corrected chi connectivity index (χ1v) is 7.34. The summed E-state index contributed by atoms with van der Waals surface area (Å²) in [5, 5.41) is 0. The average Bonchev–Trinajstić information content (AvgIpc) is 2.53. The van der Waals surface area contributed by atoms with Crippen LogP contribution in [0.4, 0.5) is 0 Å². The van der Waals surface area contributed by atoms with Gasteiger partial charge in [-0.25, -0.2) is 0 Å². The van der Waals surface area contributed by atoms with Crippen molar-refractivity contribution in [2.45, 2.75) is 25.8 Å². The Bertz CT molecular complexity index is 482. The van der Waals surface area contributed by atoms with E-state index in [2.05, 4.69) is 6.92 Å². The number of nitrogens with two attached hydrogens (primary N) is 1. The zero-order valence-corrected chi connectivity index (χ0v) is 13.0. The quantitative estimate of drug-likeness (QED) is 0.920. The van der Waals surface area contributed by atoms with E-state index >= 15 is 0 Å². The van der Waals surface area contributed by atoms with E-state index < -0.39 is 0 Å². The molecule has 0 bridgehead atoms. The predicted octanol–water partition coefficient (Wildman–Crippen LogP) is 1.90. The van der Waals surface area contributed by atoms with E-state index in [1.807, 2.05) is 4.90 Å². The van der Waals surface area contributed by atoms with Crippen LogP contribution in [0.5, 0.6) is 11.5 Å². The van der Waals surface area contributed by atoms with Crippen LogP contribution in [-0.2, 0) is 0 Å². The molecule has 21 heavy (non-hydrogen) atoms. The van der Waals surface area contributed by atoms with Gasteiger partial charge in [-0.2, -0.15) is 0 Å². The number of carbonyl (C=O) groups excluding carboxylic acids is 1. The maximum Gasteiger partial charge on any atom is 0.254 e. The van der Waals surface area contributed by atoms with Crippen molar-refractivity contribution in [3.8, 4) is 11.5 Å². The van der Waals surface area contributed by atoms with Gasteiger partial charge in [-0.3, -0.25) is 4.79 Å². The van der Waals surface area contributed by atoms with Gasteiger partial charge < -0.3 is 20.1 Å². The Kier molecular flexibility index (Phi) is 5.07. The van der Waals surface area contributed by atoms with Crippen LogP contribution in [0.25, 0.3) is 0 Å². The zero-order valence-electron chi connectivity index (χ0n) is 13.0. The van der Waals surface area contributed by atoms with Crippen LogP contribution < -0.4 is 15.2 Å². The topological polar surface area (TPSA) is 64.8 Å². The highest BCUT2D eigenvalue weighted by molar-refractivity contribution is 5.95. The van der Waals surface area contributed by atoms with Gasteiger partial charge >= 0.3 is 0 Å². The molecule has 1 aromatic carbocycles. The number of rotatable bonds is 4. The van der Waals surface area contributed by atoms with Crippen molar-refractivity contribution < 1.29 is 14.3 Å². The van der Waals surface area contributed by atoms with Crippen LogP contribution in [0.2, 0.25) is 0 Å². The lowest BCUT2D eigenvalue weighted by Crippen LogP contribution is -2.51. The minimum absolute atomic E-state index is 0.00537. The lowest BCUT2D eigenvalue weighted by atomic mass is 9.90. The second-order valence-corrected chi connectivity index (χ2v) is 5.52.